The minimum atomic E-state index is -0.321. The van der Waals surface area contributed by atoms with Crippen molar-refractivity contribution in [3.05, 3.63) is 132 Å². The van der Waals surface area contributed by atoms with Gasteiger partial charge in [-0.2, -0.15) is 0 Å². The zero-order chi connectivity index (χ0) is 29.6. The predicted octanol–water partition coefficient (Wildman–Crippen LogP) is 10.3. The molecule has 0 N–H and O–H groups in total. The molecule has 2 aliphatic carbocycles. The molecule has 0 unspecified atom stereocenters. The molecule has 0 spiro atoms. The lowest BCUT2D eigenvalue weighted by molar-refractivity contribution is -0.130. The van der Waals surface area contributed by atoms with Crippen molar-refractivity contribution in [1.82, 2.24) is 0 Å². The number of aliphatic imine (C=N–C) groups is 1. The summed E-state index contributed by atoms with van der Waals surface area (Å²) in [6.45, 7) is 4.60. The first kappa shape index (κ1) is 28.7. The summed E-state index contributed by atoms with van der Waals surface area (Å²) in [7, 11) is 0. The molecule has 0 radical (unpaired) electrons. The molecule has 6 rings (SSSR count). The van der Waals surface area contributed by atoms with Crippen LogP contribution in [0.25, 0.3) is 6.08 Å². The minimum absolute atomic E-state index is 0.126. The number of hydrogen-bond donors (Lipinski definition) is 0. The Hall–Kier alpha value is -4.44. The number of nitrogens with zero attached hydrogens (tertiary/aromatic N) is 2. The molecule has 0 aromatic heterocycles. The third-order valence-corrected chi connectivity index (χ3v) is 8.45. The Morgan fingerprint density at radius 1 is 0.767 bits per heavy atom. The molecule has 43 heavy (non-hydrogen) atoms. The van der Waals surface area contributed by atoms with E-state index in [0.29, 0.717) is 11.6 Å². The molecule has 3 aliphatic rings. The molecule has 3 aromatic rings. The summed E-state index contributed by atoms with van der Waals surface area (Å²) >= 11 is 0. The molecule has 1 fully saturated rings. The van der Waals surface area contributed by atoms with Crippen molar-refractivity contribution in [2.24, 2.45) is 16.3 Å². The van der Waals surface area contributed by atoms with Gasteiger partial charge in [-0.05, 0) is 90.3 Å². The van der Waals surface area contributed by atoms with E-state index in [2.05, 4.69) is 121 Å². The van der Waals surface area contributed by atoms with Crippen molar-refractivity contribution < 1.29 is 9.53 Å². The van der Waals surface area contributed by atoms with Crippen LogP contribution in [-0.4, -0.2) is 11.9 Å². The van der Waals surface area contributed by atoms with Gasteiger partial charge in [-0.3, -0.25) is 0 Å². The standard InChI is InChI=1S/C39H40N2O2/c1-39(2)27-30(26-31(28-39)22-25-36-38(42)43-37(40-36)32-12-6-3-7-13-32)19-18-29-20-23-35(24-21-29)41(33-14-8-4-9-15-33)34-16-10-5-11-17-34/h4-5,8-11,14-26,32H,3,6-7,12-13,27-28H2,1-2H3/b19-18+,31-22-,36-25-. The second kappa shape index (κ2) is 12.8. The third-order valence-electron chi connectivity index (χ3n) is 8.45. The molecule has 1 aliphatic heterocycles. The highest BCUT2D eigenvalue weighted by molar-refractivity contribution is 6.05. The summed E-state index contributed by atoms with van der Waals surface area (Å²) in [6.07, 6.45) is 18.3. The molecule has 0 saturated heterocycles. The van der Waals surface area contributed by atoms with Crippen LogP contribution in [0.1, 0.15) is 64.4 Å². The number of carbonyl (C=O) groups excluding carboxylic acids is 1. The van der Waals surface area contributed by atoms with Crippen molar-refractivity contribution in [1.29, 1.82) is 0 Å². The van der Waals surface area contributed by atoms with E-state index < -0.39 is 0 Å². The lowest BCUT2D eigenvalue weighted by Gasteiger charge is -2.30. The maximum atomic E-state index is 12.5. The number of para-hydroxylation sites is 2. The maximum absolute atomic E-state index is 12.5. The van der Waals surface area contributed by atoms with Crippen LogP contribution in [0, 0.1) is 11.3 Å². The van der Waals surface area contributed by atoms with Gasteiger partial charge in [0.05, 0.1) is 0 Å². The van der Waals surface area contributed by atoms with Crippen molar-refractivity contribution in [3.8, 4) is 0 Å². The van der Waals surface area contributed by atoms with Gasteiger partial charge in [-0.25, -0.2) is 9.79 Å². The van der Waals surface area contributed by atoms with Gasteiger partial charge >= 0.3 is 5.97 Å². The lowest BCUT2D eigenvalue weighted by Crippen LogP contribution is -2.19. The quantitative estimate of drug-likeness (QED) is 0.210. The molecule has 4 nitrogen and oxygen atoms in total. The fraction of sp³-hybridized carbons (Fsp3) is 0.282. The van der Waals surface area contributed by atoms with E-state index in [-0.39, 0.29) is 17.3 Å². The highest BCUT2D eigenvalue weighted by atomic mass is 16.6. The average molecular weight is 569 g/mol. The number of hydrogen-bond acceptors (Lipinski definition) is 4. The first-order valence-electron chi connectivity index (χ1n) is 15.5. The van der Waals surface area contributed by atoms with E-state index in [4.69, 9.17) is 4.74 Å². The fourth-order valence-electron chi connectivity index (χ4n) is 6.41. The van der Waals surface area contributed by atoms with Gasteiger partial charge in [0.25, 0.3) is 0 Å². The monoisotopic (exact) mass is 568 g/mol. The summed E-state index contributed by atoms with van der Waals surface area (Å²) in [5.41, 5.74) is 7.55. The molecule has 0 atom stereocenters. The first-order valence-corrected chi connectivity index (χ1v) is 15.5. The van der Waals surface area contributed by atoms with Crippen molar-refractivity contribution in [3.63, 3.8) is 0 Å². The van der Waals surface area contributed by atoms with E-state index >= 15 is 0 Å². The highest BCUT2D eigenvalue weighted by Crippen LogP contribution is 2.39. The van der Waals surface area contributed by atoms with Crippen LogP contribution in [0.3, 0.4) is 0 Å². The van der Waals surface area contributed by atoms with Crippen molar-refractivity contribution in [2.75, 3.05) is 4.90 Å². The number of cyclic esters (lactones) is 1. The number of allylic oxidation sites excluding steroid dienone is 6. The van der Waals surface area contributed by atoms with Crippen LogP contribution < -0.4 is 4.90 Å². The molecule has 3 aromatic carbocycles. The number of esters is 1. The Balaban J connectivity index is 1.20. The van der Waals surface area contributed by atoms with Gasteiger partial charge in [0.1, 0.15) is 0 Å². The summed E-state index contributed by atoms with van der Waals surface area (Å²) in [6, 6.07) is 29.6. The fourth-order valence-corrected chi connectivity index (χ4v) is 6.41. The average Bonchev–Trinajstić information content (AvgIpc) is 3.41. The second-order valence-corrected chi connectivity index (χ2v) is 12.6. The largest absolute Gasteiger partial charge is 0.406 e. The van der Waals surface area contributed by atoms with Gasteiger partial charge in [-0.1, -0.05) is 106 Å². The minimum Gasteiger partial charge on any atom is -0.406 e. The summed E-state index contributed by atoms with van der Waals surface area (Å²) < 4.78 is 5.56. The zero-order valence-electron chi connectivity index (χ0n) is 25.2. The maximum Gasteiger partial charge on any atom is 0.363 e. The van der Waals surface area contributed by atoms with Gasteiger partial charge in [-0.15, -0.1) is 0 Å². The Morgan fingerprint density at radius 2 is 1.40 bits per heavy atom. The molecule has 218 valence electrons. The molecule has 0 bridgehead atoms. The lowest BCUT2D eigenvalue weighted by atomic mass is 9.75. The van der Waals surface area contributed by atoms with E-state index in [1.54, 1.807) is 0 Å². The second-order valence-electron chi connectivity index (χ2n) is 12.6. The number of anilines is 3. The van der Waals surface area contributed by atoms with Crippen LogP contribution in [0.15, 0.2) is 131 Å². The van der Waals surface area contributed by atoms with Crippen LogP contribution in [0.4, 0.5) is 17.1 Å². The molecular formula is C39H40N2O2. The van der Waals surface area contributed by atoms with Crippen molar-refractivity contribution in [2.45, 2.75) is 58.8 Å². The summed E-state index contributed by atoms with van der Waals surface area (Å²) in [5, 5.41) is 0. The number of rotatable bonds is 7. The molecule has 1 heterocycles. The Kier molecular flexibility index (Phi) is 8.55. The van der Waals surface area contributed by atoms with Crippen molar-refractivity contribution >= 4 is 35.0 Å². The highest BCUT2D eigenvalue weighted by Gasteiger charge is 2.30. The van der Waals surface area contributed by atoms with Crippen LogP contribution >= 0.6 is 0 Å². The normalized spacial score (nSPS) is 20.7. The SMILES string of the molecule is CC1(C)CC(/C=C/c2ccc(N(c3ccccc3)c3ccccc3)cc2)=CC(=C/C=C2\N=C(C3CCCCC3)OC2=O)/C1. The number of benzene rings is 3. The Morgan fingerprint density at radius 3 is 2.05 bits per heavy atom. The van der Waals surface area contributed by atoms with E-state index in [1.165, 1.54) is 30.4 Å². The van der Waals surface area contributed by atoms with Gasteiger partial charge in [0, 0.05) is 23.0 Å². The van der Waals surface area contributed by atoms with Crippen LogP contribution in [0.2, 0.25) is 0 Å². The van der Waals surface area contributed by atoms with E-state index in [1.807, 2.05) is 18.2 Å². The predicted molar refractivity (Wildman–Crippen MR) is 178 cm³/mol. The van der Waals surface area contributed by atoms with Crippen LogP contribution in [-0.2, 0) is 9.53 Å². The molecular weight excluding hydrogens is 528 g/mol. The van der Waals surface area contributed by atoms with Gasteiger partial charge < -0.3 is 9.64 Å². The summed E-state index contributed by atoms with van der Waals surface area (Å²) in [4.78, 5) is 19.4. The van der Waals surface area contributed by atoms with Gasteiger partial charge in [0.2, 0.25) is 5.90 Å². The smallest absolute Gasteiger partial charge is 0.363 e. The zero-order valence-corrected chi connectivity index (χ0v) is 25.2. The Bertz CT molecular complexity index is 1550. The molecule has 1 saturated carbocycles. The summed E-state index contributed by atoms with van der Waals surface area (Å²) in [5.74, 6) is 0.590. The number of ether oxygens (including phenoxy) is 1. The van der Waals surface area contributed by atoms with E-state index in [9.17, 15) is 4.79 Å². The molecule has 4 heteroatoms. The topological polar surface area (TPSA) is 41.9 Å². The molecule has 0 amide bonds. The Labute approximate surface area is 255 Å². The van der Waals surface area contributed by atoms with Gasteiger partial charge in [0.15, 0.2) is 5.70 Å². The number of carbonyl (C=O) groups is 1. The van der Waals surface area contributed by atoms with E-state index in [0.717, 1.165) is 48.3 Å². The van der Waals surface area contributed by atoms with Crippen LogP contribution in [0.5, 0.6) is 0 Å². The third kappa shape index (κ3) is 7.14. The first-order chi connectivity index (χ1) is 20.9.